The zero-order valence-electron chi connectivity index (χ0n) is 20.6. The number of nitrogens with one attached hydrogen (secondary N) is 1. The number of ether oxygens (including phenoxy) is 1. The molecule has 1 heterocycles. The summed E-state index contributed by atoms with van der Waals surface area (Å²) >= 11 is 0. The van der Waals surface area contributed by atoms with Gasteiger partial charge in [-0.25, -0.2) is 8.42 Å². The van der Waals surface area contributed by atoms with Gasteiger partial charge < -0.3 is 10.1 Å². The zero-order chi connectivity index (χ0) is 24.3. The van der Waals surface area contributed by atoms with Crippen molar-refractivity contribution in [3.63, 3.8) is 0 Å². The molecule has 3 rings (SSSR count). The highest BCUT2D eigenvalue weighted by Gasteiger charge is 2.28. The number of rotatable bonds is 7. The molecule has 2 aromatic carbocycles. The molecule has 0 aromatic heterocycles. The van der Waals surface area contributed by atoms with Crippen molar-refractivity contribution in [1.29, 1.82) is 0 Å². The summed E-state index contributed by atoms with van der Waals surface area (Å²) in [6, 6.07) is 8.76. The van der Waals surface area contributed by atoms with Crippen LogP contribution < -0.4 is 10.1 Å². The minimum atomic E-state index is -3.62. The van der Waals surface area contributed by atoms with Gasteiger partial charge in [0, 0.05) is 18.7 Å². The van der Waals surface area contributed by atoms with Crippen LogP contribution in [0.5, 0.6) is 5.75 Å². The molecule has 0 radical (unpaired) electrons. The van der Waals surface area contributed by atoms with Gasteiger partial charge in [-0.1, -0.05) is 26.3 Å². The van der Waals surface area contributed by atoms with E-state index in [1.54, 1.807) is 26.2 Å². The van der Waals surface area contributed by atoms with E-state index < -0.39 is 10.0 Å². The number of carbonyl (C=O) groups excluding carboxylic acids is 1. The average molecular weight is 473 g/mol. The average Bonchev–Trinajstić information content (AvgIpc) is 2.79. The topological polar surface area (TPSA) is 75.7 Å². The lowest BCUT2D eigenvalue weighted by Gasteiger charge is -2.26. The lowest BCUT2D eigenvalue weighted by atomic mass is 9.93. The molecule has 1 saturated heterocycles. The molecule has 1 aliphatic rings. The predicted molar refractivity (Wildman–Crippen MR) is 131 cm³/mol. The Kier molecular flexibility index (Phi) is 7.85. The Labute approximate surface area is 198 Å². The molecule has 0 unspecified atom stereocenters. The van der Waals surface area contributed by atoms with Gasteiger partial charge in [-0.2, -0.15) is 4.31 Å². The van der Waals surface area contributed by atoms with E-state index in [1.807, 2.05) is 19.9 Å². The van der Waals surface area contributed by atoms with Gasteiger partial charge in [-0.05, 0) is 86.1 Å². The van der Waals surface area contributed by atoms with Gasteiger partial charge in [-0.15, -0.1) is 0 Å². The highest BCUT2D eigenvalue weighted by molar-refractivity contribution is 7.89. The molecular formula is C26H36N2O4S. The molecule has 6 nitrogen and oxygen atoms in total. The second-order valence-corrected chi connectivity index (χ2v) is 11.2. The van der Waals surface area contributed by atoms with E-state index in [1.165, 1.54) is 10.4 Å². The molecule has 7 heteroatoms. The van der Waals surface area contributed by atoms with Crippen LogP contribution in [0.4, 0.5) is 0 Å². The highest BCUT2D eigenvalue weighted by Crippen LogP contribution is 2.32. The van der Waals surface area contributed by atoms with Crippen molar-refractivity contribution >= 4 is 15.9 Å². The Bertz CT molecular complexity index is 1120. The van der Waals surface area contributed by atoms with Crippen molar-refractivity contribution in [2.45, 2.75) is 70.7 Å². The Morgan fingerprint density at radius 3 is 2.24 bits per heavy atom. The number of benzene rings is 2. The van der Waals surface area contributed by atoms with Crippen LogP contribution in [0.3, 0.4) is 0 Å². The molecule has 2 aromatic rings. The number of nitrogens with zero attached hydrogens (tertiary/aromatic N) is 1. The molecule has 180 valence electrons. The number of piperidine rings is 1. The van der Waals surface area contributed by atoms with E-state index in [9.17, 15) is 13.2 Å². The molecule has 0 saturated carbocycles. The maximum atomic E-state index is 13.2. The van der Waals surface area contributed by atoms with Crippen molar-refractivity contribution < 1.29 is 17.9 Å². The molecule has 1 amide bonds. The van der Waals surface area contributed by atoms with E-state index in [0.29, 0.717) is 24.2 Å². The fraction of sp³-hybridized carbons (Fsp3) is 0.500. The van der Waals surface area contributed by atoms with Crippen LogP contribution in [0.1, 0.15) is 84.6 Å². The number of sulfonamides is 1. The Morgan fingerprint density at radius 1 is 0.970 bits per heavy atom. The Hall–Kier alpha value is -2.38. The summed E-state index contributed by atoms with van der Waals surface area (Å²) in [4.78, 5) is 13.3. The van der Waals surface area contributed by atoms with E-state index >= 15 is 0 Å². The van der Waals surface area contributed by atoms with E-state index in [-0.39, 0.29) is 22.8 Å². The summed E-state index contributed by atoms with van der Waals surface area (Å²) in [7, 11) is -1.95. The van der Waals surface area contributed by atoms with Crippen LogP contribution in [0.2, 0.25) is 0 Å². The molecule has 0 bridgehead atoms. The Balaban J connectivity index is 1.87. The molecule has 1 atom stereocenters. The normalized spacial score (nSPS) is 16.0. The quantitative estimate of drug-likeness (QED) is 0.608. The van der Waals surface area contributed by atoms with Crippen molar-refractivity contribution in [2.24, 2.45) is 0 Å². The lowest BCUT2D eigenvalue weighted by molar-refractivity contribution is 0.0939. The van der Waals surface area contributed by atoms with Crippen LogP contribution in [0.15, 0.2) is 35.2 Å². The number of carbonyl (C=O) groups is 1. The zero-order valence-corrected chi connectivity index (χ0v) is 21.4. The minimum absolute atomic E-state index is 0.215. The molecule has 0 aliphatic carbocycles. The van der Waals surface area contributed by atoms with E-state index in [0.717, 1.165) is 41.7 Å². The molecule has 33 heavy (non-hydrogen) atoms. The third-order valence-corrected chi connectivity index (χ3v) is 8.48. The third kappa shape index (κ3) is 5.41. The summed E-state index contributed by atoms with van der Waals surface area (Å²) in [5.74, 6) is 0.830. The van der Waals surface area contributed by atoms with Crippen LogP contribution in [-0.2, 0) is 10.0 Å². The highest BCUT2D eigenvalue weighted by atomic mass is 32.2. The third-order valence-electron chi connectivity index (χ3n) is 6.44. The van der Waals surface area contributed by atoms with Crippen LogP contribution >= 0.6 is 0 Å². The standard InChI is InChI=1S/C26H36N2O4S/c1-17(2)22-16-23(19(4)14-24(22)32-6)20(5)27-26(29)21-11-10-18(3)25(15-21)33(30,31)28-12-8-7-9-13-28/h10-11,14-17,20H,7-9,12-13H2,1-6H3,(H,27,29)/t20-/m1/s1. The first-order valence-electron chi connectivity index (χ1n) is 11.7. The molecular weight excluding hydrogens is 436 g/mol. The van der Waals surface area contributed by atoms with Gasteiger partial charge in [0.1, 0.15) is 5.75 Å². The predicted octanol–water partition coefficient (Wildman–Crippen LogP) is 5.10. The fourth-order valence-electron chi connectivity index (χ4n) is 4.43. The fourth-order valence-corrected chi connectivity index (χ4v) is 6.20. The molecule has 1 N–H and O–H groups in total. The summed E-state index contributed by atoms with van der Waals surface area (Å²) in [5, 5.41) is 3.05. The summed E-state index contributed by atoms with van der Waals surface area (Å²) in [6.07, 6.45) is 2.79. The minimum Gasteiger partial charge on any atom is -0.496 e. The lowest BCUT2D eigenvalue weighted by Crippen LogP contribution is -2.36. The van der Waals surface area contributed by atoms with Gasteiger partial charge in [0.25, 0.3) is 5.91 Å². The molecule has 1 fully saturated rings. The van der Waals surface area contributed by atoms with Crippen LogP contribution in [-0.4, -0.2) is 38.8 Å². The largest absolute Gasteiger partial charge is 0.496 e. The number of aryl methyl sites for hydroxylation is 2. The maximum absolute atomic E-state index is 13.2. The number of hydrogen-bond donors (Lipinski definition) is 1. The summed E-state index contributed by atoms with van der Waals surface area (Å²) in [5.41, 5.74) is 4.13. The van der Waals surface area contributed by atoms with Gasteiger partial charge in [-0.3, -0.25) is 4.79 Å². The van der Waals surface area contributed by atoms with Crippen molar-refractivity contribution in [3.8, 4) is 5.75 Å². The molecule has 1 aliphatic heterocycles. The van der Waals surface area contributed by atoms with Crippen molar-refractivity contribution in [2.75, 3.05) is 20.2 Å². The number of methoxy groups -OCH3 is 1. The smallest absolute Gasteiger partial charge is 0.251 e. The van der Waals surface area contributed by atoms with Crippen LogP contribution in [0, 0.1) is 13.8 Å². The van der Waals surface area contributed by atoms with Gasteiger partial charge in [0.05, 0.1) is 18.0 Å². The van der Waals surface area contributed by atoms with E-state index in [4.69, 9.17) is 4.74 Å². The van der Waals surface area contributed by atoms with E-state index in [2.05, 4.69) is 25.2 Å². The first-order chi connectivity index (χ1) is 15.6. The van der Waals surface area contributed by atoms with Gasteiger partial charge in [0.15, 0.2) is 0 Å². The van der Waals surface area contributed by atoms with Crippen molar-refractivity contribution in [3.05, 3.63) is 58.1 Å². The van der Waals surface area contributed by atoms with Gasteiger partial charge in [0.2, 0.25) is 10.0 Å². The maximum Gasteiger partial charge on any atom is 0.251 e. The summed E-state index contributed by atoms with van der Waals surface area (Å²) < 4.78 is 33.5. The number of amides is 1. The second kappa shape index (κ2) is 10.3. The SMILES string of the molecule is COc1cc(C)c([C@@H](C)NC(=O)c2ccc(C)c(S(=O)(=O)N3CCCCC3)c2)cc1C(C)C. The van der Waals surface area contributed by atoms with Gasteiger partial charge >= 0.3 is 0 Å². The monoisotopic (exact) mass is 472 g/mol. The second-order valence-electron chi connectivity index (χ2n) is 9.25. The first kappa shape index (κ1) is 25.2. The molecule has 0 spiro atoms. The summed E-state index contributed by atoms with van der Waals surface area (Å²) in [6.45, 7) is 11.0. The van der Waals surface area contributed by atoms with Crippen LogP contribution in [0.25, 0.3) is 0 Å². The first-order valence-corrected chi connectivity index (χ1v) is 13.1. The Morgan fingerprint density at radius 2 is 1.64 bits per heavy atom. The van der Waals surface area contributed by atoms with Crippen molar-refractivity contribution in [1.82, 2.24) is 9.62 Å². The number of hydrogen-bond acceptors (Lipinski definition) is 4.